The lowest BCUT2D eigenvalue weighted by atomic mass is 10.2. The van der Waals surface area contributed by atoms with Crippen LogP contribution >= 0.6 is 0 Å². The predicted octanol–water partition coefficient (Wildman–Crippen LogP) is 1.99. The quantitative estimate of drug-likeness (QED) is 0.455. The molecule has 0 aliphatic rings. The van der Waals surface area contributed by atoms with Crippen LogP contribution in [0.4, 0.5) is 5.69 Å². The number of carbonyl (C=O) groups is 2. The minimum atomic E-state index is -3.66. The van der Waals surface area contributed by atoms with Gasteiger partial charge in [0.2, 0.25) is 15.9 Å². The topological polar surface area (TPSA) is 111 Å². The first-order chi connectivity index (χ1) is 14.3. The second-order valence-corrected chi connectivity index (χ2v) is 8.63. The van der Waals surface area contributed by atoms with Crippen LogP contribution in [-0.2, 0) is 21.4 Å². The molecule has 1 N–H and O–H groups in total. The number of esters is 1. The van der Waals surface area contributed by atoms with Gasteiger partial charge < -0.3 is 10.1 Å². The fraction of sp³-hybridized carbons (Fsp3) is 0.150. The molecule has 30 heavy (non-hydrogen) atoms. The molecule has 3 rings (SSSR count). The number of carbonyl (C=O) groups excluding carboxylic acids is 2. The molecule has 0 unspecified atom stereocenters. The van der Waals surface area contributed by atoms with Crippen LogP contribution in [-0.4, -0.2) is 48.5 Å². The van der Waals surface area contributed by atoms with Crippen LogP contribution in [0.25, 0.3) is 0 Å². The monoisotopic (exact) mass is 428 g/mol. The Morgan fingerprint density at radius 3 is 2.47 bits per heavy atom. The number of nitrogens with one attached hydrogen (secondary N) is 1. The van der Waals surface area contributed by atoms with E-state index in [1.807, 2.05) is 0 Å². The van der Waals surface area contributed by atoms with Crippen LogP contribution in [0.5, 0.6) is 5.75 Å². The molecule has 3 aromatic rings. The number of ether oxygens (including phenoxy) is 1. The lowest BCUT2D eigenvalue weighted by molar-refractivity contribution is -0.116. The van der Waals surface area contributed by atoms with Crippen LogP contribution in [0.2, 0.25) is 0 Å². The van der Waals surface area contributed by atoms with E-state index in [2.05, 4.69) is 10.4 Å². The molecule has 0 radical (unpaired) electrons. The van der Waals surface area contributed by atoms with E-state index in [0.29, 0.717) is 5.69 Å². The summed E-state index contributed by atoms with van der Waals surface area (Å²) in [5.41, 5.74) is 0.639. The van der Waals surface area contributed by atoms with E-state index in [1.165, 1.54) is 55.2 Å². The minimum Gasteiger partial charge on any atom is -0.423 e. The summed E-state index contributed by atoms with van der Waals surface area (Å²) in [6.07, 6.45) is 3.27. The normalized spacial score (nSPS) is 11.3. The van der Waals surface area contributed by atoms with E-state index in [9.17, 15) is 18.0 Å². The Kier molecular flexibility index (Phi) is 6.28. The van der Waals surface area contributed by atoms with Gasteiger partial charge in [0.15, 0.2) is 0 Å². The number of rotatable bonds is 7. The third kappa shape index (κ3) is 5.10. The summed E-state index contributed by atoms with van der Waals surface area (Å²) in [6, 6.07) is 13.6. The number of hydrogen-bond donors (Lipinski definition) is 1. The molecule has 10 heteroatoms. The molecule has 1 heterocycles. The van der Waals surface area contributed by atoms with Gasteiger partial charge >= 0.3 is 5.97 Å². The highest BCUT2D eigenvalue weighted by Crippen LogP contribution is 2.19. The van der Waals surface area contributed by atoms with Gasteiger partial charge in [-0.3, -0.25) is 9.48 Å². The number of aromatic nitrogens is 2. The van der Waals surface area contributed by atoms with Crippen molar-refractivity contribution in [2.45, 2.75) is 11.4 Å². The molecule has 0 aliphatic heterocycles. The SMILES string of the molecule is CN(C)S(=O)(=O)c1cccc(C(=O)Oc2ccc(NC(=O)Cn3cccn3)cc2)c1. The molecule has 1 amide bonds. The first-order valence-electron chi connectivity index (χ1n) is 8.88. The van der Waals surface area contributed by atoms with Gasteiger partial charge in [-0.05, 0) is 48.5 Å². The maximum Gasteiger partial charge on any atom is 0.343 e. The number of sulfonamides is 1. The van der Waals surface area contributed by atoms with E-state index in [0.717, 1.165) is 4.31 Å². The van der Waals surface area contributed by atoms with Crippen LogP contribution in [0.15, 0.2) is 71.9 Å². The van der Waals surface area contributed by atoms with E-state index in [1.54, 1.807) is 30.6 Å². The average molecular weight is 428 g/mol. The van der Waals surface area contributed by atoms with Gasteiger partial charge in [-0.1, -0.05) is 6.07 Å². The van der Waals surface area contributed by atoms with E-state index in [-0.39, 0.29) is 28.7 Å². The Morgan fingerprint density at radius 2 is 1.83 bits per heavy atom. The Bertz CT molecular complexity index is 1140. The smallest absolute Gasteiger partial charge is 0.343 e. The maximum atomic E-state index is 12.4. The van der Waals surface area contributed by atoms with Gasteiger partial charge in [0.1, 0.15) is 12.3 Å². The molecule has 0 fully saturated rings. The number of hydrogen-bond acceptors (Lipinski definition) is 6. The van der Waals surface area contributed by atoms with Crippen LogP contribution in [0.1, 0.15) is 10.4 Å². The van der Waals surface area contributed by atoms with Crippen LogP contribution in [0.3, 0.4) is 0 Å². The van der Waals surface area contributed by atoms with Crippen molar-refractivity contribution in [3.05, 3.63) is 72.6 Å². The highest BCUT2D eigenvalue weighted by atomic mass is 32.2. The molecule has 1 aromatic heterocycles. The van der Waals surface area contributed by atoms with Crippen molar-refractivity contribution in [3.8, 4) is 5.75 Å². The zero-order valence-electron chi connectivity index (χ0n) is 16.3. The summed E-state index contributed by atoms with van der Waals surface area (Å²) < 4.78 is 32.3. The largest absolute Gasteiger partial charge is 0.423 e. The van der Waals surface area contributed by atoms with Crippen LogP contribution < -0.4 is 10.1 Å². The summed E-state index contributed by atoms with van der Waals surface area (Å²) in [5.74, 6) is -0.686. The molecule has 0 saturated carbocycles. The van der Waals surface area contributed by atoms with Gasteiger partial charge in [0, 0.05) is 32.2 Å². The summed E-state index contributed by atoms with van der Waals surface area (Å²) in [6.45, 7) is 0.0793. The van der Waals surface area contributed by atoms with Crippen molar-refractivity contribution >= 4 is 27.6 Å². The molecule has 0 saturated heterocycles. The highest BCUT2D eigenvalue weighted by Gasteiger charge is 2.19. The number of nitrogens with zero attached hydrogens (tertiary/aromatic N) is 3. The van der Waals surface area contributed by atoms with Crippen molar-refractivity contribution in [2.24, 2.45) is 0 Å². The van der Waals surface area contributed by atoms with Gasteiger partial charge in [-0.25, -0.2) is 17.5 Å². The lowest BCUT2D eigenvalue weighted by Gasteiger charge is -2.12. The van der Waals surface area contributed by atoms with E-state index in [4.69, 9.17) is 4.74 Å². The fourth-order valence-corrected chi connectivity index (χ4v) is 3.46. The first-order valence-corrected chi connectivity index (χ1v) is 10.3. The summed E-state index contributed by atoms with van der Waals surface area (Å²) in [7, 11) is -0.838. The summed E-state index contributed by atoms with van der Waals surface area (Å²) >= 11 is 0. The van der Waals surface area contributed by atoms with Crippen molar-refractivity contribution in [3.63, 3.8) is 0 Å². The Hall–Kier alpha value is -3.50. The maximum absolute atomic E-state index is 12.4. The second-order valence-electron chi connectivity index (χ2n) is 6.48. The predicted molar refractivity (Wildman–Crippen MR) is 110 cm³/mol. The van der Waals surface area contributed by atoms with Crippen LogP contribution in [0, 0.1) is 0 Å². The molecule has 0 bridgehead atoms. The van der Waals surface area contributed by atoms with Gasteiger partial charge in [-0.15, -0.1) is 0 Å². The standard InChI is InChI=1S/C20H20N4O5S/c1-23(2)30(27,28)18-6-3-5-15(13-18)20(26)29-17-9-7-16(8-10-17)22-19(25)14-24-12-4-11-21-24/h3-13H,14H2,1-2H3,(H,22,25). The Balaban J connectivity index is 1.64. The van der Waals surface area contributed by atoms with E-state index >= 15 is 0 Å². The molecule has 2 aromatic carbocycles. The zero-order chi connectivity index (χ0) is 21.7. The van der Waals surface area contributed by atoms with Gasteiger partial charge in [0.05, 0.1) is 10.5 Å². The summed E-state index contributed by atoms with van der Waals surface area (Å²) in [4.78, 5) is 24.4. The Morgan fingerprint density at radius 1 is 1.10 bits per heavy atom. The average Bonchev–Trinajstić information content (AvgIpc) is 3.22. The zero-order valence-corrected chi connectivity index (χ0v) is 17.2. The number of amides is 1. The molecule has 0 aliphatic carbocycles. The van der Waals surface area contributed by atoms with Crippen molar-refractivity contribution < 1.29 is 22.7 Å². The van der Waals surface area contributed by atoms with Gasteiger partial charge in [0.25, 0.3) is 0 Å². The lowest BCUT2D eigenvalue weighted by Crippen LogP contribution is -2.22. The molecule has 0 spiro atoms. The molecule has 9 nitrogen and oxygen atoms in total. The summed E-state index contributed by atoms with van der Waals surface area (Å²) in [5, 5.41) is 6.68. The molecular weight excluding hydrogens is 408 g/mol. The van der Waals surface area contributed by atoms with E-state index < -0.39 is 16.0 Å². The minimum absolute atomic E-state index is 0.00260. The number of benzene rings is 2. The molecular formula is C20H20N4O5S. The third-order valence-corrected chi connectivity index (χ3v) is 5.87. The number of anilines is 1. The first kappa shape index (κ1) is 21.2. The molecule has 156 valence electrons. The highest BCUT2D eigenvalue weighted by molar-refractivity contribution is 7.89. The van der Waals surface area contributed by atoms with Crippen molar-refractivity contribution in [1.82, 2.24) is 14.1 Å². The fourth-order valence-electron chi connectivity index (χ4n) is 2.51. The van der Waals surface area contributed by atoms with Crippen molar-refractivity contribution in [2.75, 3.05) is 19.4 Å². The Labute approximate surface area is 173 Å². The van der Waals surface area contributed by atoms with Gasteiger partial charge in [-0.2, -0.15) is 5.10 Å². The second kappa shape index (κ2) is 8.89. The third-order valence-electron chi connectivity index (χ3n) is 4.06. The van der Waals surface area contributed by atoms with Crippen molar-refractivity contribution in [1.29, 1.82) is 0 Å². The molecule has 0 atom stereocenters.